The summed E-state index contributed by atoms with van der Waals surface area (Å²) in [5.41, 5.74) is 0.307. The first kappa shape index (κ1) is 28.5. The average Bonchev–Trinajstić information content (AvgIpc) is 2.78. The number of aliphatic hydroxyl groups is 1. The van der Waals surface area contributed by atoms with Crippen molar-refractivity contribution in [2.24, 2.45) is 0 Å². The van der Waals surface area contributed by atoms with Crippen molar-refractivity contribution in [2.75, 3.05) is 20.0 Å². The lowest BCUT2D eigenvalue weighted by Crippen LogP contribution is -2.70. The lowest BCUT2D eigenvalue weighted by molar-refractivity contribution is -0.450. The van der Waals surface area contributed by atoms with Crippen LogP contribution < -0.4 is 0 Å². The summed E-state index contributed by atoms with van der Waals surface area (Å²) < 4.78 is 57.1. The van der Waals surface area contributed by atoms with E-state index < -0.39 is 54.1 Å². The maximum atomic E-state index is 13.2. The van der Waals surface area contributed by atoms with Gasteiger partial charge in [-0.05, 0) is 49.7 Å². The van der Waals surface area contributed by atoms with E-state index in [2.05, 4.69) is 33.9 Å². The first-order valence-corrected chi connectivity index (χ1v) is 16.4. The Balaban J connectivity index is 2.06. The number of sulfone groups is 1. The van der Waals surface area contributed by atoms with Crippen molar-refractivity contribution in [3.63, 3.8) is 0 Å². The molecule has 0 unspecified atom stereocenters. The molecule has 1 aromatic carbocycles. The maximum Gasteiger partial charge on any atom is 0.220 e. The summed E-state index contributed by atoms with van der Waals surface area (Å²) in [7, 11) is -3.13. The fourth-order valence-corrected chi connectivity index (χ4v) is 6.87. The van der Waals surface area contributed by atoms with Crippen LogP contribution in [0.4, 0.5) is 0 Å². The summed E-state index contributed by atoms with van der Waals surface area (Å²) in [4.78, 5) is 0.187. The monoisotopic (exact) mass is 528 g/mol. The molecule has 1 heterocycles. The third kappa shape index (κ3) is 5.31. The maximum absolute atomic E-state index is 13.2. The van der Waals surface area contributed by atoms with Gasteiger partial charge in [0.05, 0.1) is 10.6 Å². The van der Waals surface area contributed by atoms with E-state index in [-0.39, 0.29) is 15.7 Å². The molecular formula is C25H40O8SSi. The Hall–Kier alpha value is -1.11. The zero-order valence-electron chi connectivity index (χ0n) is 22.2. The molecule has 1 aliphatic carbocycles. The van der Waals surface area contributed by atoms with Crippen LogP contribution in [-0.4, -0.2) is 77.8 Å². The Labute approximate surface area is 210 Å². The molecule has 10 heteroatoms. The van der Waals surface area contributed by atoms with Gasteiger partial charge in [-0.15, -0.1) is 0 Å². The van der Waals surface area contributed by atoms with Gasteiger partial charge in [0.25, 0.3) is 0 Å². The first-order valence-electron chi connectivity index (χ1n) is 11.8. The Morgan fingerprint density at radius 1 is 1.03 bits per heavy atom. The molecule has 0 saturated carbocycles. The highest BCUT2D eigenvalue weighted by atomic mass is 32.2. The fourth-order valence-electron chi connectivity index (χ4n) is 4.13. The predicted molar refractivity (Wildman–Crippen MR) is 135 cm³/mol. The van der Waals surface area contributed by atoms with Crippen molar-refractivity contribution >= 4 is 18.2 Å². The lowest BCUT2D eigenvalue weighted by atomic mass is 9.88. The molecule has 0 bridgehead atoms. The second-order valence-electron chi connectivity index (χ2n) is 11.1. The zero-order chi connectivity index (χ0) is 26.4. The molecule has 1 fully saturated rings. The number of hydrogen-bond donors (Lipinski definition) is 1. The Bertz CT molecular complexity index is 1040. The van der Waals surface area contributed by atoms with Gasteiger partial charge in [0.2, 0.25) is 11.6 Å². The number of methoxy groups -OCH3 is 2. The normalized spacial score (nSPS) is 34.3. The van der Waals surface area contributed by atoms with E-state index >= 15 is 0 Å². The Morgan fingerprint density at radius 3 is 2.09 bits per heavy atom. The van der Waals surface area contributed by atoms with E-state index in [1.807, 2.05) is 0 Å². The highest BCUT2D eigenvalue weighted by Crippen LogP contribution is 2.46. The standard InChI is InChI=1S/C25H40O8SSi/c1-23(2,3)35(8,9)33-22-20(26)17(16-34(27,28)18-13-11-10-12-14-18)15-19-21(22)32-25(5,30-7)24(4,29-6)31-19/h10-15,19-22,26H,16H2,1-9H3/t19-,20+,21+,22-,24+,25+/m1/s1. The molecule has 198 valence electrons. The van der Waals surface area contributed by atoms with Gasteiger partial charge < -0.3 is 28.5 Å². The SMILES string of the molecule is CO[C@@]1(C)O[C@@H]2[C@H](O[Si](C)(C)C(C)(C)C)[C@@H](O)C(CS(=O)(=O)c3ccccc3)=C[C@H]2O[C@]1(C)OC. The predicted octanol–water partition coefficient (Wildman–Crippen LogP) is 3.66. The second-order valence-corrected chi connectivity index (χ2v) is 17.8. The topological polar surface area (TPSA) is 101 Å². The van der Waals surface area contributed by atoms with E-state index in [1.54, 1.807) is 50.3 Å². The molecular weight excluding hydrogens is 488 g/mol. The van der Waals surface area contributed by atoms with Gasteiger partial charge in [-0.1, -0.05) is 45.0 Å². The summed E-state index contributed by atoms with van der Waals surface area (Å²) in [5, 5.41) is 11.3. The van der Waals surface area contributed by atoms with Crippen molar-refractivity contribution in [1.29, 1.82) is 0 Å². The van der Waals surface area contributed by atoms with Gasteiger partial charge >= 0.3 is 0 Å². The van der Waals surface area contributed by atoms with Crippen LogP contribution in [0.5, 0.6) is 0 Å². The molecule has 1 saturated heterocycles. The zero-order valence-corrected chi connectivity index (χ0v) is 24.0. The minimum absolute atomic E-state index is 0.152. The largest absolute Gasteiger partial charge is 0.408 e. The van der Waals surface area contributed by atoms with Gasteiger partial charge in [0, 0.05) is 14.2 Å². The smallest absolute Gasteiger partial charge is 0.220 e. The number of hydrogen-bond acceptors (Lipinski definition) is 8. The highest BCUT2D eigenvalue weighted by molar-refractivity contribution is 7.91. The molecule has 2 aliphatic rings. The molecule has 1 aliphatic heterocycles. The van der Waals surface area contributed by atoms with E-state index in [0.29, 0.717) is 5.57 Å². The molecule has 3 rings (SSSR count). The summed E-state index contributed by atoms with van der Waals surface area (Å²) in [5.74, 6) is -2.95. The molecule has 0 radical (unpaired) electrons. The number of rotatable bonds is 7. The third-order valence-electron chi connectivity index (χ3n) is 7.74. The summed E-state index contributed by atoms with van der Waals surface area (Å²) in [6.07, 6.45) is -1.89. The van der Waals surface area contributed by atoms with Crippen molar-refractivity contribution in [2.45, 2.75) is 93.6 Å². The van der Waals surface area contributed by atoms with Crippen molar-refractivity contribution in [1.82, 2.24) is 0 Å². The average molecular weight is 529 g/mol. The highest BCUT2D eigenvalue weighted by Gasteiger charge is 2.60. The molecule has 1 N–H and O–H groups in total. The van der Waals surface area contributed by atoms with Crippen molar-refractivity contribution in [3.05, 3.63) is 42.0 Å². The quantitative estimate of drug-likeness (QED) is 0.423. The van der Waals surface area contributed by atoms with E-state index in [4.69, 9.17) is 23.4 Å². The van der Waals surface area contributed by atoms with Crippen LogP contribution in [0.15, 0.2) is 46.9 Å². The van der Waals surface area contributed by atoms with Gasteiger partial charge in [-0.25, -0.2) is 8.42 Å². The van der Waals surface area contributed by atoms with Crippen LogP contribution in [0.3, 0.4) is 0 Å². The van der Waals surface area contributed by atoms with E-state index in [0.717, 1.165) is 0 Å². The van der Waals surface area contributed by atoms with Crippen LogP contribution in [0.25, 0.3) is 0 Å². The van der Waals surface area contributed by atoms with Crippen LogP contribution in [-0.2, 0) is 33.2 Å². The summed E-state index contributed by atoms with van der Waals surface area (Å²) >= 11 is 0. The van der Waals surface area contributed by atoms with Crippen LogP contribution in [0.1, 0.15) is 34.6 Å². The lowest BCUT2D eigenvalue weighted by Gasteiger charge is -2.56. The summed E-state index contributed by atoms with van der Waals surface area (Å²) in [6, 6.07) is 8.19. The van der Waals surface area contributed by atoms with Crippen LogP contribution in [0.2, 0.25) is 18.1 Å². The van der Waals surface area contributed by atoms with E-state index in [9.17, 15) is 13.5 Å². The molecule has 35 heavy (non-hydrogen) atoms. The molecule has 8 nitrogen and oxygen atoms in total. The Morgan fingerprint density at radius 2 is 1.57 bits per heavy atom. The number of benzene rings is 1. The summed E-state index contributed by atoms with van der Waals surface area (Å²) in [6.45, 7) is 13.9. The number of fused-ring (bicyclic) bond motifs is 1. The molecule has 0 spiro atoms. The van der Waals surface area contributed by atoms with Crippen molar-refractivity contribution < 1.29 is 36.9 Å². The minimum Gasteiger partial charge on any atom is -0.408 e. The van der Waals surface area contributed by atoms with Gasteiger partial charge in [0.15, 0.2) is 18.2 Å². The number of ether oxygens (including phenoxy) is 4. The third-order valence-corrected chi connectivity index (χ3v) is 13.9. The molecule has 0 amide bonds. The van der Waals surface area contributed by atoms with Crippen molar-refractivity contribution in [3.8, 4) is 0 Å². The van der Waals surface area contributed by atoms with Gasteiger partial charge in [0.1, 0.15) is 24.4 Å². The van der Waals surface area contributed by atoms with Gasteiger partial charge in [-0.2, -0.15) is 0 Å². The second kappa shape index (κ2) is 9.64. The first-order chi connectivity index (χ1) is 16.0. The molecule has 6 atom stereocenters. The van der Waals surface area contributed by atoms with Crippen LogP contribution in [0, 0.1) is 0 Å². The fraction of sp³-hybridized carbons (Fsp3) is 0.680. The van der Waals surface area contributed by atoms with E-state index in [1.165, 1.54) is 14.2 Å². The molecule has 1 aromatic rings. The van der Waals surface area contributed by atoms with Crippen LogP contribution >= 0.6 is 0 Å². The number of aliphatic hydroxyl groups excluding tert-OH is 1. The minimum atomic E-state index is -3.71. The Kier molecular flexibility index (Phi) is 7.84. The van der Waals surface area contributed by atoms with Gasteiger partial charge in [-0.3, -0.25) is 0 Å². The molecule has 0 aromatic heterocycles.